The van der Waals surface area contributed by atoms with Crippen LogP contribution in [0.25, 0.3) is 0 Å². The van der Waals surface area contributed by atoms with Crippen molar-refractivity contribution in [3.63, 3.8) is 0 Å². The molecule has 0 aromatic heterocycles. The van der Waals surface area contributed by atoms with Gasteiger partial charge in [-0.1, -0.05) is 19.9 Å². The van der Waals surface area contributed by atoms with Gasteiger partial charge in [0.2, 0.25) is 0 Å². The minimum atomic E-state index is -0.198. The van der Waals surface area contributed by atoms with Crippen molar-refractivity contribution in [1.29, 1.82) is 0 Å². The summed E-state index contributed by atoms with van der Waals surface area (Å²) in [7, 11) is 0. The van der Waals surface area contributed by atoms with Crippen molar-refractivity contribution in [3.05, 3.63) is 11.6 Å². The quantitative estimate of drug-likeness (QED) is 0.518. The average molecular weight is 212 g/mol. The molecule has 3 nitrogen and oxygen atoms in total. The molecule has 0 aromatic rings. The maximum atomic E-state index is 11.5. The Morgan fingerprint density at radius 1 is 1.47 bits per heavy atom. The van der Waals surface area contributed by atoms with Crippen molar-refractivity contribution >= 4 is 5.97 Å². The Kier molecular flexibility index (Phi) is 4.33. The van der Waals surface area contributed by atoms with E-state index in [2.05, 4.69) is 6.92 Å². The number of ether oxygens (including phenoxy) is 2. The molecule has 1 aliphatic rings. The van der Waals surface area contributed by atoms with E-state index in [-0.39, 0.29) is 11.4 Å². The summed E-state index contributed by atoms with van der Waals surface area (Å²) in [6.45, 7) is 7.86. The van der Waals surface area contributed by atoms with Crippen LogP contribution in [0.4, 0.5) is 0 Å². The van der Waals surface area contributed by atoms with Gasteiger partial charge in [0, 0.05) is 11.0 Å². The monoisotopic (exact) mass is 212 g/mol. The van der Waals surface area contributed by atoms with E-state index >= 15 is 0 Å². The Balaban J connectivity index is 2.53. The molecule has 0 saturated carbocycles. The largest absolute Gasteiger partial charge is 0.462 e. The Bertz CT molecular complexity index is 246. The summed E-state index contributed by atoms with van der Waals surface area (Å²) in [6, 6.07) is 0. The molecule has 15 heavy (non-hydrogen) atoms. The first-order valence-electron chi connectivity index (χ1n) is 5.58. The Hall–Kier alpha value is -0.830. The first-order valence-corrected chi connectivity index (χ1v) is 5.58. The summed E-state index contributed by atoms with van der Waals surface area (Å²) >= 11 is 0. The van der Waals surface area contributed by atoms with Gasteiger partial charge in [-0.2, -0.15) is 0 Å². The Morgan fingerprint density at radius 2 is 2.13 bits per heavy atom. The molecule has 1 aliphatic heterocycles. The van der Waals surface area contributed by atoms with Crippen molar-refractivity contribution in [1.82, 2.24) is 0 Å². The molecule has 1 fully saturated rings. The van der Waals surface area contributed by atoms with Crippen LogP contribution in [0, 0.1) is 5.41 Å². The molecular formula is C12H20O3. The summed E-state index contributed by atoms with van der Waals surface area (Å²) in [4.78, 5) is 11.5. The van der Waals surface area contributed by atoms with Gasteiger partial charge < -0.3 is 9.47 Å². The lowest BCUT2D eigenvalue weighted by Gasteiger charge is -2.38. The molecule has 0 spiro atoms. The number of carbonyl (C=O) groups excluding carboxylic acids is 1. The fraction of sp³-hybridized carbons (Fsp3) is 0.750. The summed E-state index contributed by atoms with van der Waals surface area (Å²) in [5.74, 6) is -0.198. The molecule has 1 heterocycles. The third kappa shape index (κ3) is 3.06. The average Bonchev–Trinajstić information content (AvgIpc) is 2.19. The second-order valence-electron chi connectivity index (χ2n) is 4.17. The third-order valence-corrected chi connectivity index (χ3v) is 2.77. The highest BCUT2D eigenvalue weighted by Gasteiger charge is 2.35. The summed E-state index contributed by atoms with van der Waals surface area (Å²) in [5, 5.41) is 0. The third-order valence-electron chi connectivity index (χ3n) is 2.77. The van der Waals surface area contributed by atoms with E-state index in [1.807, 2.05) is 19.9 Å². The van der Waals surface area contributed by atoms with E-state index in [1.54, 1.807) is 0 Å². The second kappa shape index (κ2) is 5.31. The molecule has 3 heteroatoms. The van der Waals surface area contributed by atoms with Gasteiger partial charge in [0.05, 0.1) is 19.8 Å². The molecule has 0 radical (unpaired) electrons. The SMILES string of the molecule is CCCOC(=O)C(C)=CC1(CC)COC1. The first kappa shape index (κ1) is 12.2. The zero-order chi connectivity index (χ0) is 11.3. The second-order valence-corrected chi connectivity index (χ2v) is 4.17. The van der Waals surface area contributed by atoms with Crippen molar-refractivity contribution in [2.24, 2.45) is 5.41 Å². The topological polar surface area (TPSA) is 35.5 Å². The number of esters is 1. The fourth-order valence-electron chi connectivity index (χ4n) is 1.58. The molecule has 0 atom stereocenters. The van der Waals surface area contributed by atoms with E-state index in [9.17, 15) is 4.79 Å². The van der Waals surface area contributed by atoms with E-state index < -0.39 is 0 Å². The predicted octanol–water partition coefficient (Wildman–Crippen LogP) is 2.31. The molecule has 1 rings (SSSR count). The first-order chi connectivity index (χ1) is 7.13. The molecule has 0 aliphatic carbocycles. The van der Waals surface area contributed by atoms with Gasteiger partial charge in [-0.25, -0.2) is 4.79 Å². The minimum Gasteiger partial charge on any atom is -0.462 e. The van der Waals surface area contributed by atoms with Crippen LogP contribution in [0.3, 0.4) is 0 Å². The van der Waals surface area contributed by atoms with Crippen LogP contribution in [-0.2, 0) is 14.3 Å². The van der Waals surface area contributed by atoms with Gasteiger partial charge >= 0.3 is 5.97 Å². The van der Waals surface area contributed by atoms with Gasteiger partial charge in [0.1, 0.15) is 0 Å². The van der Waals surface area contributed by atoms with E-state index in [0.717, 1.165) is 26.1 Å². The number of rotatable bonds is 5. The number of hydrogen-bond acceptors (Lipinski definition) is 3. The van der Waals surface area contributed by atoms with Crippen LogP contribution < -0.4 is 0 Å². The summed E-state index contributed by atoms with van der Waals surface area (Å²) < 4.78 is 10.3. The lowest BCUT2D eigenvalue weighted by Crippen LogP contribution is -2.40. The molecule has 1 saturated heterocycles. The lowest BCUT2D eigenvalue weighted by molar-refractivity contribution is -0.139. The highest BCUT2D eigenvalue weighted by atomic mass is 16.5. The number of hydrogen-bond donors (Lipinski definition) is 0. The van der Waals surface area contributed by atoms with Gasteiger partial charge in [-0.05, 0) is 19.8 Å². The van der Waals surface area contributed by atoms with Crippen molar-refractivity contribution < 1.29 is 14.3 Å². The van der Waals surface area contributed by atoms with Crippen LogP contribution in [0.1, 0.15) is 33.6 Å². The molecule has 0 bridgehead atoms. The maximum Gasteiger partial charge on any atom is 0.333 e. The van der Waals surface area contributed by atoms with Gasteiger partial charge in [0.25, 0.3) is 0 Å². The summed E-state index contributed by atoms with van der Waals surface area (Å²) in [5.41, 5.74) is 0.781. The highest BCUT2D eigenvalue weighted by Crippen LogP contribution is 2.33. The minimum absolute atomic E-state index is 0.0787. The lowest BCUT2D eigenvalue weighted by atomic mass is 9.81. The van der Waals surface area contributed by atoms with Gasteiger partial charge in [-0.3, -0.25) is 0 Å². The molecule has 0 aromatic carbocycles. The Morgan fingerprint density at radius 3 is 2.53 bits per heavy atom. The molecular weight excluding hydrogens is 192 g/mol. The normalized spacial score (nSPS) is 19.5. The van der Waals surface area contributed by atoms with Crippen LogP contribution in [0.15, 0.2) is 11.6 Å². The number of carbonyl (C=O) groups is 1. The Labute approximate surface area is 91.4 Å². The fourth-order valence-corrected chi connectivity index (χ4v) is 1.58. The molecule has 86 valence electrons. The van der Waals surface area contributed by atoms with E-state index in [4.69, 9.17) is 9.47 Å². The van der Waals surface area contributed by atoms with Crippen molar-refractivity contribution in [2.45, 2.75) is 33.6 Å². The van der Waals surface area contributed by atoms with Crippen molar-refractivity contribution in [2.75, 3.05) is 19.8 Å². The van der Waals surface area contributed by atoms with Gasteiger partial charge in [0.15, 0.2) is 0 Å². The predicted molar refractivity (Wildman–Crippen MR) is 58.6 cm³/mol. The van der Waals surface area contributed by atoms with Crippen LogP contribution in [0.5, 0.6) is 0 Å². The highest BCUT2D eigenvalue weighted by molar-refractivity contribution is 5.87. The zero-order valence-electron chi connectivity index (χ0n) is 9.84. The van der Waals surface area contributed by atoms with E-state index in [0.29, 0.717) is 12.2 Å². The molecule has 0 unspecified atom stereocenters. The van der Waals surface area contributed by atoms with Crippen LogP contribution in [-0.4, -0.2) is 25.8 Å². The van der Waals surface area contributed by atoms with Crippen molar-refractivity contribution in [3.8, 4) is 0 Å². The van der Waals surface area contributed by atoms with Crippen LogP contribution in [0.2, 0.25) is 0 Å². The smallest absolute Gasteiger partial charge is 0.333 e. The molecule has 0 amide bonds. The van der Waals surface area contributed by atoms with E-state index in [1.165, 1.54) is 0 Å². The summed E-state index contributed by atoms with van der Waals surface area (Å²) in [6.07, 6.45) is 3.88. The zero-order valence-corrected chi connectivity index (χ0v) is 9.84. The maximum absolute atomic E-state index is 11.5. The standard InChI is InChI=1S/C12H20O3/c1-4-6-15-11(13)10(3)7-12(5-2)8-14-9-12/h7H,4-6,8-9H2,1-3H3. The molecule has 0 N–H and O–H groups in total. The van der Waals surface area contributed by atoms with Gasteiger partial charge in [-0.15, -0.1) is 0 Å². The van der Waals surface area contributed by atoms with Crippen LogP contribution >= 0.6 is 0 Å².